The fourth-order valence-corrected chi connectivity index (χ4v) is 2.54. The van der Waals surface area contributed by atoms with Gasteiger partial charge in [0.2, 0.25) is 10.0 Å². The third-order valence-electron chi connectivity index (χ3n) is 2.70. The second-order valence-corrected chi connectivity index (χ2v) is 6.33. The molecular weight excluding hydrogens is 292 g/mol. The normalized spacial score (nSPS) is 11.4. The summed E-state index contributed by atoms with van der Waals surface area (Å²) in [6.07, 6.45) is 3.42. The zero-order valence-corrected chi connectivity index (χ0v) is 12.3. The van der Waals surface area contributed by atoms with Crippen LogP contribution in [0.3, 0.4) is 0 Å². The zero-order chi connectivity index (χ0) is 15.1. The van der Waals surface area contributed by atoms with Crippen molar-refractivity contribution in [3.8, 4) is 5.75 Å². The first-order valence-electron chi connectivity index (χ1n) is 6.48. The molecule has 0 unspecified atom stereocenters. The van der Waals surface area contributed by atoms with Crippen LogP contribution in [0.5, 0.6) is 5.75 Å². The Balaban J connectivity index is 1.71. The third-order valence-corrected chi connectivity index (χ3v) is 4.05. The number of nitrogens with two attached hydrogens (primary N) is 1. The predicted molar refractivity (Wildman–Crippen MR) is 80.4 cm³/mol. The summed E-state index contributed by atoms with van der Waals surface area (Å²) in [5, 5.41) is 3.99. The Labute approximate surface area is 123 Å². The molecule has 0 radical (unpaired) electrons. The van der Waals surface area contributed by atoms with E-state index in [0.717, 1.165) is 0 Å². The van der Waals surface area contributed by atoms with Crippen LogP contribution in [-0.4, -0.2) is 37.1 Å². The van der Waals surface area contributed by atoms with E-state index in [9.17, 15) is 8.42 Å². The fraction of sp³-hybridized carbons (Fsp3) is 0.308. The van der Waals surface area contributed by atoms with Crippen molar-refractivity contribution in [2.75, 3.05) is 24.6 Å². The van der Waals surface area contributed by atoms with E-state index in [2.05, 4.69) is 9.82 Å². The number of hydrogen-bond acceptors (Lipinski definition) is 5. The molecule has 0 aliphatic carbocycles. The molecule has 21 heavy (non-hydrogen) atoms. The van der Waals surface area contributed by atoms with Gasteiger partial charge in [0.1, 0.15) is 12.4 Å². The van der Waals surface area contributed by atoms with Crippen molar-refractivity contribution >= 4 is 15.7 Å². The molecule has 2 aromatic rings. The minimum Gasteiger partial charge on any atom is -0.492 e. The van der Waals surface area contributed by atoms with Crippen LogP contribution in [0.1, 0.15) is 0 Å². The zero-order valence-electron chi connectivity index (χ0n) is 11.5. The molecule has 0 saturated carbocycles. The molecule has 0 fully saturated rings. The number of anilines is 1. The fourth-order valence-electron chi connectivity index (χ4n) is 1.69. The van der Waals surface area contributed by atoms with Crippen molar-refractivity contribution in [1.29, 1.82) is 0 Å². The molecule has 8 heteroatoms. The van der Waals surface area contributed by atoms with E-state index in [1.807, 2.05) is 0 Å². The second kappa shape index (κ2) is 7.09. The molecule has 0 bridgehead atoms. The Morgan fingerprint density at radius 1 is 1.33 bits per heavy atom. The van der Waals surface area contributed by atoms with Gasteiger partial charge < -0.3 is 10.5 Å². The van der Waals surface area contributed by atoms with Crippen molar-refractivity contribution in [2.45, 2.75) is 6.54 Å². The molecule has 1 heterocycles. The van der Waals surface area contributed by atoms with E-state index in [4.69, 9.17) is 10.5 Å². The predicted octanol–water partition coefficient (Wildman–Crippen LogP) is 0.464. The minimum absolute atomic E-state index is 0.0700. The number of nitrogens with one attached hydrogen (secondary N) is 1. The van der Waals surface area contributed by atoms with Gasteiger partial charge in [-0.1, -0.05) is 6.07 Å². The number of nitrogen functional groups attached to an aromatic ring is 1. The van der Waals surface area contributed by atoms with E-state index in [1.54, 1.807) is 47.4 Å². The van der Waals surface area contributed by atoms with E-state index in [-0.39, 0.29) is 12.4 Å². The SMILES string of the molecule is Nc1cccc(OCCS(=O)(=O)NCCn2cccn2)c1. The topological polar surface area (TPSA) is 99.2 Å². The number of hydrogen-bond donors (Lipinski definition) is 2. The van der Waals surface area contributed by atoms with Gasteiger partial charge in [0.05, 0.1) is 12.3 Å². The molecule has 1 aromatic heterocycles. The maximum absolute atomic E-state index is 11.8. The Morgan fingerprint density at radius 2 is 2.19 bits per heavy atom. The molecule has 0 aliphatic heterocycles. The number of aromatic nitrogens is 2. The number of benzene rings is 1. The summed E-state index contributed by atoms with van der Waals surface area (Å²) in [7, 11) is -3.36. The lowest BCUT2D eigenvalue weighted by atomic mass is 10.3. The van der Waals surface area contributed by atoms with Crippen LogP contribution in [0, 0.1) is 0 Å². The molecule has 114 valence electrons. The van der Waals surface area contributed by atoms with Gasteiger partial charge in [0, 0.05) is 30.7 Å². The molecule has 0 aliphatic rings. The van der Waals surface area contributed by atoms with Crippen LogP contribution in [-0.2, 0) is 16.6 Å². The Kier molecular flexibility index (Phi) is 5.18. The first-order chi connectivity index (χ1) is 10.1. The van der Waals surface area contributed by atoms with Gasteiger partial charge in [-0.25, -0.2) is 13.1 Å². The molecule has 0 atom stereocenters. The molecule has 0 amide bonds. The summed E-state index contributed by atoms with van der Waals surface area (Å²) in [5.74, 6) is 0.447. The number of ether oxygens (including phenoxy) is 1. The van der Waals surface area contributed by atoms with Gasteiger partial charge in [0.25, 0.3) is 0 Å². The van der Waals surface area contributed by atoms with Crippen molar-refractivity contribution in [1.82, 2.24) is 14.5 Å². The van der Waals surface area contributed by atoms with E-state index < -0.39 is 10.0 Å². The number of sulfonamides is 1. The highest BCUT2D eigenvalue weighted by molar-refractivity contribution is 7.89. The molecule has 1 aromatic carbocycles. The molecule has 3 N–H and O–H groups in total. The Hall–Kier alpha value is -2.06. The maximum Gasteiger partial charge on any atom is 0.215 e. The highest BCUT2D eigenvalue weighted by Gasteiger charge is 2.10. The lowest BCUT2D eigenvalue weighted by Crippen LogP contribution is -2.31. The summed E-state index contributed by atoms with van der Waals surface area (Å²) in [6, 6.07) is 8.65. The van der Waals surface area contributed by atoms with Crippen LogP contribution >= 0.6 is 0 Å². The standard InChI is InChI=1S/C13H18N4O3S/c14-12-3-1-4-13(11-12)20-9-10-21(18,19)16-6-8-17-7-2-5-15-17/h1-5,7,11,16H,6,8-10,14H2. The molecular formula is C13H18N4O3S. The van der Waals surface area contributed by atoms with E-state index in [0.29, 0.717) is 24.5 Å². The average molecular weight is 310 g/mol. The van der Waals surface area contributed by atoms with Gasteiger partial charge in [-0.2, -0.15) is 5.10 Å². The first kappa shape index (κ1) is 15.3. The lowest BCUT2D eigenvalue weighted by Gasteiger charge is -2.09. The first-order valence-corrected chi connectivity index (χ1v) is 8.13. The summed E-state index contributed by atoms with van der Waals surface area (Å²) >= 11 is 0. The highest BCUT2D eigenvalue weighted by atomic mass is 32.2. The lowest BCUT2D eigenvalue weighted by molar-refractivity contribution is 0.340. The minimum atomic E-state index is -3.36. The van der Waals surface area contributed by atoms with Gasteiger partial charge >= 0.3 is 0 Å². The molecule has 0 saturated heterocycles. The summed E-state index contributed by atoms with van der Waals surface area (Å²) in [5.41, 5.74) is 6.19. The largest absolute Gasteiger partial charge is 0.492 e. The van der Waals surface area contributed by atoms with Crippen LogP contribution in [0.15, 0.2) is 42.7 Å². The van der Waals surface area contributed by atoms with E-state index in [1.165, 1.54) is 0 Å². The van der Waals surface area contributed by atoms with Gasteiger partial charge in [0.15, 0.2) is 0 Å². The van der Waals surface area contributed by atoms with Crippen LogP contribution < -0.4 is 15.2 Å². The van der Waals surface area contributed by atoms with E-state index >= 15 is 0 Å². The Morgan fingerprint density at radius 3 is 2.90 bits per heavy atom. The van der Waals surface area contributed by atoms with Crippen molar-refractivity contribution < 1.29 is 13.2 Å². The van der Waals surface area contributed by atoms with Gasteiger partial charge in [-0.05, 0) is 18.2 Å². The summed E-state index contributed by atoms with van der Waals surface area (Å²) in [6.45, 7) is 0.852. The van der Waals surface area contributed by atoms with Crippen LogP contribution in [0.2, 0.25) is 0 Å². The second-order valence-electron chi connectivity index (χ2n) is 4.40. The molecule has 7 nitrogen and oxygen atoms in total. The van der Waals surface area contributed by atoms with Crippen molar-refractivity contribution in [2.24, 2.45) is 0 Å². The van der Waals surface area contributed by atoms with Crippen LogP contribution in [0.4, 0.5) is 5.69 Å². The number of rotatable bonds is 8. The van der Waals surface area contributed by atoms with Gasteiger partial charge in [-0.3, -0.25) is 4.68 Å². The number of nitrogens with zero attached hydrogens (tertiary/aromatic N) is 2. The highest BCUT2D eigenvalue weighted by Crippen LogP contribution is 2.14. The molecule has 2 rings (SSSR count). The van der Waals surface area contributed by atoms with Crippen molar-refractivity contribution in [3.05, 3.63) is 42.7 Å². The summed E-state index contributed by atoms with van der Waals surface area (Å²) < 4.78 is 33.1. The van der Waals surface area contributed by atoms with Crippen LogP contribution in [0.25, 0.3) is 0 Å². The quantitative estimate of drug-likeness (QED) is 0.690. The third kappa shape index (κ3) is 5.44. The average Bonchev–Trinajstić information content (AvgIpc) is 2.91. The monoisotopic (exact) mass is 310 g/mol. The maximum atomic E-state index is 11.8. The van der Waals surface area contributed by atoms with Crippen molar-refractivity contribution in [3.63, 3.8) is 0 Å². The smallest absolute Gasteiger partial charge is 0.215 e. The molecule has 0 spiro atoms. The summed E-state index contributed by atoms with van der Waals surface area (Å²) in [4.78, 5) is 0. The van der Waals surface area contributed by atoms with Gasteiger partial charge in [-0.15, -0.1) is 0 Å². The Bertz CT molecular complexity index is 656.